The molecule has 0 amide bonds. The number of ether oxygens (including phenoxy) is 1. The molecule has 1 rings (SSSR count). The van der Waals surface area contributed by atoms with Gasteiger partial charge < -0.3 is 10.5 Å². The summed E-state index contributed by atoms with van der Waals surface area (Å²) in [6.07, 6.45) is 0.509. The molecule has 5 heteroatoms. The highest BCUT2D eigenvalue weighted by atomic mass is 32.1. The zero-order chi connectivity index (χ0) is 10.6. The van der Waals surface area contributed by atoms with Gasteiger partial charge in [0.2, 0.25) is 0 Å². The van der Waals surface area contributed by atoms with Crippen molar-refractivity contribution >= 4 is 17.3 Å². The molecule has 0 saturated heterocycles. The van der Waals surface area contributed by atoms with E-state index >= 15 is 0 Å². The van der Waals surface area contributed by atoms with E-state index in [2.05, 4.69) is 4.98 Å². The van der Waals surface area contributed by atoms with Crippen LogP contribution in [0.5, 0.6) is 0 Å². The molecule has 0 radical (unpaired) electrons. The van der Waals surface area contributed by atoms with Crippen LogP contribution in [0.15, 0.2) is 5.51 Å². The molecule has 1 aromatic rings. The van der Waals surface area contributed by atoms with Crippen LogP contribution in [0, 0.1) is 6.92 Å². The standard InChI is InChI=1S/C9H14N2O2S/c1-3-13-9(12)7(10)4-8-6(2)11-5-14-8/h5,7H,3-4,10H2,1-2H3. The number of nitrogens with two attached hydrogens (primary N) is 1. The van der Waals surface area contributed by atoms with Gasteiger partial charge >= 0.3 is 5.97 Å². The number of carbonyl (C=O) groups excluding carboxylic acids is 1. The minimum atomic E-state index is -0.575. The Morgan fingerprint density at radius 1 is 1.79 bits per heavy atom. The summed E-state index contributed by atoms with van der Waals surface area (Å²) in [5.41, 5.74) is 8.36. The number of esters is 1. The number of rotatable bonds is 4. The molecule has 0 aliphatic carbocycles. The van der Waals surface area contributed by atoms with Gasteiger partial charge in [0, 0.05) is 11.3 Å². The van der Waals surface area contributed by atoms with E-state index in [1.54, 1.807) is 12.4 Å². The van der Waals surface area contributed by atoms with Gasteiger partial charge in [-0.05, 0) is 13.8 Å². The summed E-state index contributed by atoms with van der Waals surface area (Å²) >= 11 is 1.51. The molecule has 0 saturated carbocycles. The Morgan fingerprint density at radius 3 is 3.00 bits per heavy atom. The van der Waals surface area contributed by atoms with E-state index in [4.69, 9.17) is 10.5 Å². The van der Waals surface area contributed by atoms with Crippen LogP contribution in [0.3, 0.4) is 0 Å². The Hall–Kier alpha value is -0.940. The van der Waals surface area contributed by atoms with Crippen molar-refractivity contribution in [2.45, 2.75) is 26.3 Å². The molecule has 0 aliphatic rings. The molecule has 1 unspecified atom stereocenters. The molecule has 0 fully saturated rings. The maximum Gasteiger partial charge on any atom is 0.323 e. The second-order valence-electron chi connectivity index (χ2n) is 2.92. The van der Waals surface area contributed by atoms with Gasteiger partial charge in [0.05, 0.1) is 17.8 Å². The zero-order valence-corrected chi connectivity index (χ0v) is 9.13. The SMILES string of the molecule is CCOC(=O)C(N)Cc1scnc1C. The number of aromatic nitrogens is 1. The van der Waals surface area contributed by atoms with Gasteiger partial charge in [0.25, 0.3) is 0 Å². The minimum absolute atomic E-state index is 0.347. The van der Waals surface area contributed by atoms with Crippen molar-refractivity contribution in [3.05, 3.63) is 16.1 Å². The quantitative estimate of drug-likeness (QED) is 0.756. The maximum absolute atomic E-state index is 11.2. The molecule has 1 heterocycles. The van der Waals surface area contributed by atoms with Crippen LogP contribution >= 0.6 is 11.3 Å². The average molecular weight is 214 g/mol. The van der Waals surface area contributed by atoms with Crippen LogP contribution in [0.4, 0.5) is 0 Å². The molecule has 0 aliphatic heterocycles. The topological polar surface area (TPSA) is 65.2 Å². The smallest absolute Gasteiger partial charge is 0.323 e. The molecule has 0 spiro atoms. The first-order valence-electron chi connectivity index (χ1n) is 4.46. The van der Waals surface area contributed by atoms with E-state index in [1.807, 2.05) is 6.92 Å². The minimum Gasteiger partial charge on any atom is -0.465 e. The number of carbonyl (C=O) groups is 1. The van der Waals surface area contributed by atoms with Gasteiger partial charge in [-0.1, -0.05) is 0 Å². The molecule has 2 N–H and O–H groups in total. The first-order chi connectivity index (χ1) is 6.65. The van der Waals surface area contributed by atoms with E-state index in [-0.39, 0.29) is 5.97 Å². The lowest BCUT2D eigenvalue weighted by Crippen LogP contribution is -2.34. The van der Waals surface area contributed by atoms with E-state index in [0.717, 1.165) is 10.6 Å². The average Bonchev–Trinajstić information content (AvgIpc) is 2.52. The lowest BCUT2D eigenvalue weighted by Gasteiger charge is -2.09. The number of hydrogen-bond acceptors (Lipinski definition) is 5. The Kier molecular flexibility index (Phi) is 4.03. The first-order valence-corrected chi connectivity index (χ1v) is 5.34. The molecule has 0 aromatic carbocycles. The molecule has 78 valence electrons. The van der Waals surface area contributed by atoms with E-state index in [1.165, 1.54) is 11.3 Å². The molecule has 1 atom stereocenters. The van der Waals surface area contributed by atoms with Gasteiger partial charge in [0.1, 0.15) is 6.04 Å². The van der Waals surface area contributed by atoms with Crippen LogP contribution < -0.4 is 5.73 Å². The Morgan fingerprint density at radius 2 is 2.50 bits per heavy atom. The number of hydrogen-bond donors (Lipinski definition) is 1. The predicted molar refractivity (Wildman–Crippen MR) is 55.2 cm³/mol. The molecular formula is C9H14N2O2S. The normalized spacial score (nSPS) is 12.5. The summed E-state index contributed by atoms with van der Waals surface area (Å²) in [7, 11) is 0. The predicted octanol–water partition coefficient (Wildman–Crippen LogP) is 0.884. The fraction of sp³-hybridized carbons (Fsp3) is 0.556. The van der Waals surface area contributed by atoms with Crippen molar-refractivity contribution in [3.63, 3.8) is 0 Å². The Labute approximate surface area is 87.1 Å². The molecule has 0 bridgehead atoms. The number of nitrogens with zero attached hydrogens (tertiary/aromatic N) is 1. The third kappa shape index (κ3) is 2.78. The summed E-state index contributed by atoms with van der Waals surface area (Å²) in [5, 5.41) is 0. The lowest BCUT2D eigenvalue weighted by atomic mass is 10.2. The second-order valence-corrected chi connectivity index (χ2v) is 3.86. The van der Waals surface area contributed by atoms with E-state index in [9.17, 15) is 4.79 Å². The fourth-order valence-electron chi connectivity index (χ4n) is 1.05. The van der Waals surface area contributed by atoms with Crippen molar-refractivity contribution in [2.24, 2.45) is 5.73 Å². The molecule has 1 aromatic heterocycles. The third-order valence-electron chi connectivity index (χ3n) is 1.84. The highest BCUT2D eigenvalue weighted by molar-refractivity contribution is 7.09. The molecule has 4 nitrogen and oxygen atoms in total. The largest absolute Gasteiger partial charge is 0.465 e. The van der Waals surface area contributed by atoms with Crippen molar-refractivity contribution in [1.82, 2.24) is 4.98 Å². The summed E-state index contributed by atoms with van der Waals surface area (Å²) in [5.74, 6) is -0.347. The van der Waals surface area contributed by atoms with Crippen LogP contribution in [-0.4, -0.2) is 23.6 Å². The van der Waals surface area contributed by atoms with Crippen LogP contribution in [0.1, 0.15) is 17.5 Å². The van der Waals surface area contributed by atoms with E-state index in [0.29, 0.717) is 13.0 Å². The summed E-state index contributed by atoms with van der Waals surface area (Å²) in [4.78, 5) is 16.4. The van der Waals surface area contributed by atoms with Gasteiger partial charge in [-0.15, -0.1) is 11.3 Å². The van der Waals surface area contributed by atoms with Gasteiger partial charge in [-0.2, -0.15) is 0 Å². The van der Waals surface area contributed by atoms with Crippen LogP contribution in [0.25, 0.3) is 0 Å². The second kappa shape index (κ2) is 5.07. The number of thiazole rings is 1. The zero-order valence-electron chi connectivity index (χ0n) is 8.32. The van der Waals surface area contributed by atoms with Crippen LogP contribution in [-0.2, 0) is 16.0 Å². The Bertz CT molecular complexity index is 312. The van der Waals surface area contributed by atoms with Crippen molar-refractivity contribution in [3.8, 4) is 0 Å². The van der Waals surface area contributed by atoms with Crippen LogP contribution in [0.2, 0.25) is 0 Å². The first kappa shape index (κ1) is 11.1. The monoisotopic (exact) mass is 214 g/mol. The van der Waals surface area contributed by atoms with Gasteiger partial charge in [-0.3, -0.25) is 4.79 Å². The van der Waals surface area contributed by atoms with Gasteiger partial charge in [0.15, 0.2) is 0 Å². The molecular weight excluding hydrogens is 200 g/mol. The van der Waals surface area contributed by atoms with Crippen molar-refractivity contribution in [2.75, 3.05) is 6.61 Å². The highest BCUT2D eigenvalue weighted by Gasteiger charge is 2.16. The van der Waals surface area contributed by atoms with Crippen molar-refractivity contribution in [1.29, 1.82) is 0 Å². The Balaban J connectivity index is 2.52. The maximum atomic E-state index is 11.2. The number of aryl methyl sites for hydroxylation is 1. The van der Waals surface area contributed by atoms with Gasteiger partial charge in [-0.25, -0.2) is 4.98 Å². The lowest BCUT2D eigenvalue weighted by molar-refractivity contribution is -0.144. The highest BCUT2D eigenvalue weighted by Crippen LogP contribution is 2.14. The fourth-order valence-corrected chi connectivity index (χ4v) is 1.89. The van der Waals surface area contributed by atoms with E-state index < -0.39 is 6.04 Å². The summed E-state index contributed by atoms with van der Waals surface area (Å²) < 4.78 is 4.81. The summed E-state index contributed by atoms with van der Waals surface area (Å²) in [6.45, 7) is 4.04. The van der Waals surface area contributed by atoms with Crippen molar-refractivity contribution < 1.29 is 9.53 Å². The summed E-state index contributed by atoms with van der Waals surface area (Å²) in [6, 6.07) is -0.575. The molecule has 14 heavy (non-hydrogen) atoms. The third-order valence-corrected chi connectivity index (χ3v) is 2.80.